The van der Waals surface area contributed by atoms with Crippen LogP contribution < -0.4 is 20.1 Å². The van der Waals surface area contributed by atoms with Crippen LogP contribution in [0.5, 0.6) is 11.5 Å². The maximum absolute atomic E-state index is 12.0. The van der Waals surface area contributed by atoms with Crippen molar-refractivity contribution in [3.63, 3.8) is 0 Å². The van der Waals surface area contributed by atoms with E-state index >= 15 is 0 Å². The number of carbonyl (C=O) groups excluding carboxylic acids is 2. The molecule has 2 amide bonds. The molecule has 1 aromatic rings. The van der Waals surface area contributed by atoms with E-state index < -0.39 is 0 Å². The number of nitrogens with one attached hydrogen (secondary N) is 2. The van der Waals surface area contributed by atoms with Gasteiger partial charge in [-0.1, -0.05) is 13.8 Å². The first-order chi connectivity index (χ1) is 10.7. The molecular weight excluding hydrogens is 284 g/mol. The first-order valence-corrected chi connectivity index (χ1v) is 7.61. The Kier molecular flexibility index (Phi) is 5.63. The van der Waals surface area contributed by atoms with Crippen molar-refractivity contribution in [2.75, 3.05) is 19.9 Å². The monoisotopic (exact) mass is 306 g/mol. The largest absolute Gasteiger partial charge is 0.454 e. The zero-order chi connectivity index (χ0) is 15.9. The normalized spacial score (nSPS) is 12.3. The van der Waals surface area contributed by atoms with E-state index in [1.54, 1.807) is 18.2 Å². The van der Waals surface area contributed by atoms with Crippen LogP contribution in [-0.2, 0) is 4.79 Å². The average Bonchev–Trinajstić information content (AvgIpc) is 3.00. The fourth-order valence-corrected chi connectivity index (χ4v) is 2.31. The summed E-state index contributed by atoms with van der Waals surface area (Å²) < 4.78 is 10.4. The molecule has 1 aromatic carbocycles. The summed E-state index contributed by atoms with van der Waals surface area (Å²) in [5, 5.41) is 5.61. The van der Waals surface area contributed by atoms with Crippen molar-refractivity contribution in [2.24, 2.45) is 5.92 Å². The van der Waals surface area contributed by atoms with Gasteiger partial charge in [0.25, 0.3) is 5.91 Å². The van der Waals surface area contributed by atoms with Gasteiger partial charge in [-0.2, -0.15) is 0 Å². The molecule has 2 N–H and O–H groups in total. The highest BCUT2D eigenvalue weighted by atomic mass is 16.7. The van der Waals surface area contributed by atoms with E-state index in [4.69, 9.17) is 9.47 Å². The van der Waals surface area contributed by atoms with Gasteiger partial charge in [0.15, 0.2) is 11.5 Å². The maximum Gasteiger partial charge on any atom is 0.251 e. The van der Waals surface area contributed by atoms with Crippen molar-refractivity contribution < 1.29 is 19.1 Å². The van der Waals surface area contributed by atoms with Crippen molar-refractivity contribution in [3.8, 4) is 11.5 Å². The van der Waals surface area contributed by atoms with Crippen LogP contribution in [0.4, 0.5) is 0 Å². The molecule has 120 valence electrons. The van der Waals surface area contributed by atoms with E-state index in [0.717, 1.165) is 12.8 Å². The van der Waals surface area contributed by atoms with Gasteiger partial charge in [0.05, 0.1) is 0 Å². The van der Waals surface area contributed by atoms with Crippen molar-refractivity contribution in [3.05, 3.63) is 23.8 Å². The molecule has 1 heterocycles. The quantitative estimate of drug-likeness (QED) is 0.752. The summed E-state index contributed by atoms with van der Waals surface area (Å²) in [6.45, 7) is 4.98. The molecule has 1 aliphatic heterocycles. The lowest BCUT2D eigenvalue weighted by Crippen LogP contribution is -2.37. The van der Waals surface area contributed by atoms with E-state index in [9.17, 15) is 9.59 Å². The van der Waals surface area contributed by atoms with Crippen LogP contribution in [0.1, 0.15) is 37.0 Å². The number of benzene rings is 1. The summed E-state index contributed by atoms with van der Waals surface area (Å²) in [5.74, 6) is 1.12. The highest BCUT2D eigenvalue weighted by Crippen LogP contribution is 2.32. The number of rotatable bonds is 7. The van der Waals surface area contributed by atoms with Crippen molar-refractivity contribution in [1.29, 1.82) is 0 Å². The molecule has 0 fully saturated rings. The molecule has 0 unspecified atom stereocenters. The number of ether oxygens (including phenoxy) is 2. The predicted molar refractivity (Wildman–Crippen MR) is 82.0 cm³/mol. The molecule has 0 saturated heterocycles. The van der Waals surface area contributed by atoms with Gasteiger partial charge in [-0.25, -0.2) is 0 Å². The topological polar surface area (TPSA) is 76.7 Å². The van der Waals surface area contributed by atoms with Crippen LogP contribution in [0.15, 0.2) is 18.2 Å². The standard InChI is InChI=1S/C16H22N2O4/c1-3-11(4-2)15(19)17-7-8-18-16(20)12-5-6-13-14(9-12)22-10-21-13/h5-6,9,11H,3-4,7-8,10H2,1-2H3,(H,17,19)(H,18,20). The first kappa shape index (κ1) is 16.1. The minimum atomic E-state index is -0.199. The van der Waals surface area contributed by atoms with Crippen LogP contribution in [0.2, 0.25) is 0 Å². The zero-order valence-electron chi connectivity index (χ0n) is 13.0. The second-order valence-electron chi connectivity index (χ2n) is 5.13. The molecule has 0 aliphatic carbocycles. The van der Waals surface area contributed by atoms with E-state index in [1.807, 2.05) is 13.8 Å². The van der Waals surface area contributed by atoms with Gasteiger partial charge in [0, 0.05) is 24.6 Å². The minimum Gasteiger partial charge on any atom is -0.454 e. The van der Waals surface area contributed by atoms with Gasteiger partial charge in [0.1, 0.15) is 0 Å². The number of carbonyl (C=O) groups is 2. The fraction of sp³-hybridized carbons (Fsp3) is 0.500. The molecule has 0 radical (unpaired) electrons. The number of fused-ring (bicyclic) bond motifs is 1. The van der Waals surface area contributed by atoms with E-state index in [2.05, 4.69) is 10.6 Å². The summed E-state index contributed by atoms with van der Waals surface area (Å²) in [7, 11) is 0. The van der Waals surface area contributed by atoms with Crippen molar-refractivity contribution in [1.82, 2.24) is 10.6 Å². The molecule has 2 rings (SSSR count). The molecule has 6 nitrogen and oxygen atoms in total. The van der Waals surface area contributed by atoms with E-state index in [-0.39, 0.29) is 24.5 Å². The summed E-state index contributed by atoms with van der Waals surface area (Å²) in [6, 6.07) is 5.05. The Morgan fingerprint density at radius 3 is 2.50 bits per heavy atom. The minimum absolute atomic E-state index is 0.0438. The molecule has 0 bridgehead atoms. The van der Waals surface area contributed by atoms with Gasteiger partial charge < -0.3 is 20.1 Å². The maximum atomic E-state index is 12.0. The second kappa shape index (κ2) is 7.68. The Morgan fingerprint density at radius 2 is 1.77 bits per heavy atom. The summed E-state index contributed by atoms with van der Waals surface area (Å²) >= 11 is 0. The van der Waals surface area contributed by atoms with Crippen LogP contribution in [0, 0.1) is 5.92 Å². The zero-order valence-corrected chi connectivity index (χ0v) is 13.0. The smallest absolute Gasteiger partial charge is 0.251 e. The lowest BCUT2D eigenvalue weighted by molar-refractivity contribution is -0.125. The van der Waals surface area contributed by atoms with Crippen LogP contribution in [0.25, 0.3) is 0 Å². The molecule has 22 heavy (non-hydrogen) atoms. The summed E-state index contributed by atoms with van der Waals surface area (Å²) in [5.41, 5.74) is 0.510. The van der Waals surface area contributed by atoms with Gasteiger partial charge in [-0.3, -0.25) is 9.59 Å². The predicted octanol–water partition coefficient (Wildman–Crippen LogP) is 1.70. The molecule has 0 saturated carbocycles. The molecule has 0 atom stereocenters. The Labute approximate surface area is 130 Å². The number of hydrogen-bond donors (Lipinski definition) is 2. The summed E-state index contributed by atoms with van der Waals surface area (Å²) in [4.78, 5) is 23.8. The number of amides is 2. The third-order valence-electron chi connectivity index (χ3n) is 3.70. The average molecular weight is 306 g/mol. The third kappa shape index (κ3) is 3.90. The lowest BCUT2D eigenvalue weighted by Gasteiger charge is -2.13. The van der Waals surface area contributed by atoms with E-state index in [1.165, 1.54) is 0 Å². The number of hydrogen-bond acceptors (Lipinski definition) is 4. The molecule has 0 aromatic heterocycles. The third-order valence-corrected chi connectivity index (χ3v) is 3.70. The van der Waals surface area contributed by atoms with Crippen LogP contribution >= 0.6 is 0 Å². The SMILES string of the molecule is CCC(CC)C(=O)NCCNC(=O)c1ccc2c(c1)OCO2. The van der Waals surface area contributed by atoms with Crippen molar-refractivity contribution in [2.45, 2.75) is 26.7 Å². The van der Waals surface area contributed by atoms with Crippen molar-refractivity contribution >= 4 is 11.8 Å². The second-order valence-corrected chi connectivity index (χ2v) is 5.13. The van der Waals surface area contributed by atoms with Gasteiger partial charge >= 0.3 is 0 Å². The molecule has 6 heteroatoms. The molecule has 1 aliphatic rings. The van der Waals surface area contributed by atoms with Crippen LogP contribution in [-0.4, -0.2) is 31.7 Å². The lowest BCUT2D eigenvalue weighted by atomic mass is 10.0. The van der Waals surface area contributed by atoms with Gasteiger partial charge in [-0.15, -0.1) is 0 Å². The Bertz CT molecular complexity index is 541. The Morgan fingerprint density at radius 1 is 1.09 bits per heavy atom. The highest BCUT2D eigenvalue weighted by Gasteiger charge is 2.16. The molecular formula is C16H22N2O4. The molecule has 0 spiro atoms. The first-order valence-electron chi connectivity index (χ1n) is 7.61. The van der Waals surface area contributed by atoms with Gasteiger partial charge in [-0.05, 0) is 31.0 Å². The highest BCUT2D eigenvalue weighted by molar-refractivity contribution is 5.95. The van der Waals surface area contributed by atoms with E-state index in [0.29, 0.717) is 30.2 Å². The summed E-state index contributed by atoms with van der Waals surface area (Å²) in [6.07, 6.45) is 1.65. The fourth-order valence-electron chi connectivity index (χ4n) is 2.31. The Hall–Kier alpha value is -2.24. The Balaban J connectivity index is 1.75. The van der Waals surface area contributed by atoms with Gasteiger partial charge in [0.2, 0.25) is 12.7 Å². The van der Waals surface area contributed by atoms with Crippen LogP contribution in [0.3, 0.4) is 0 Å².